The number of rotatable bonds is 4. The Morgan fingerprint density at radius 1 is 1.06 bits per heavy atom. The topological polar surface area (TPSA) is 43.4 Å². The molecule has 4 aliphatic rings. The van der Waals surface area contributed by atoms with Gasteiger partial charge in [0.25, 0.3) is 0 Å². The van der Waals surface area contributed by atoms with Crippen LogP contribution in [-0.4, -0.2) is 17.7 Å². The predicted octanol–water partition coefficient (Wildman–Crippen LogP) is 5.92. The van der Waals surface area contributed by atoms with E-state index in [0.717, 1.165) is 32.1 Å². The molecule has 3 heteroatoms. The molecule has 0 spiro atoms. The second-order valence-corrected chi connectivity index (χ2v) is 11.1. The zero-order valence-electron chi connectivity index (χ0n) is 19.2. The highest BCUT2D eigenvalue weighted by Crippen LogP contribution is 2.67. The minimum atomic E-state index is -0.0682. The Balaban J connectivity index is 1.44. The van der Waals surface area contributed by atoms with Crippen LogP contribution in [0.4, 0.5) is 0 Å². The molecule has 7 atom stereocenters. The van der Waals surface area contributed by atoms with Crippen LogP contribution in [0, 0.1) is 34.5 Å². The van der Waals surface area contributed by atoms with E-state index in [9.17, 15) is 9.59 Å². The van der Waals surface area contributed by atoms with Crippen LogP contribution in [0.2, 0.25) is 0 Å². The van der Waals surface area contributed by atoms with Crippen molar-refractivity contribution in [3.05, 3.63) is 47.5 Å². The standard InChI is InChI=1S/C28H36O3/c1-18(29)23-11-12-24-22-10-9-20-15-21(30)16-26(31-17-19-7-5-4-6-8-19)28(20,3)25(22)13-14-27(23,24)2/h4-8,15,22-26H,9-14,16-17H2,1-3H3/t22-,23+,24-,25-,26?,27+,28-/m0/s1. The molecule has 0 saturated heterocycles. The summed E-state index contributed by atoms with van der Waals surface area (Å²) in [5, 5.41) is 0. The Labute approximate surface area is 186 Å². The summed E-state index contributed by atoms with van der Waals surface area (Å²) in [4.78, 5) is 25.0. The van der Waals surface area contributed by atoms with Crippen LogP contribution >= 0.6 is 0 Å². The zero-order valence-corrected chi connectivity index (χ0v) is 19.2. The monoisotopic (exact) mass is 420 g/mol. The number of ketones is 2. The van der Waals surface area contributed by atoms with Gasteiger partial charge in [-0.3, -0.25) is 9.59 Å². The van der Waals surface area contributed by atoms with Crippen molar-refractivity contribution in [2.24, 2.45) is 34.5 Å². The summed E-state index contributed by atoms with van der Waals surface area (Å²) in [7, 11) is 0. The first kappa shape index (κ1) is 21.1. The first-order valence-corrected chi connectivity index (χ1v) is 12.2. The van der Waals surface area contributed by atoms with Crippen molar-refractivity contribution in [1.29, 1.82) is 0 Å². The highest BCUT2D eigenvalue weighted by Gasteiger charge is 2.61. The number of hydrogen-bond acceptors (Lipinski definition) is 3. The lowest BCUT2D eigenvalue weighted by Crippen LogP contribution is -2.56. The second kappa shape index (κ2) is 7.69. The Hall–Kier alpha value is -1.74. The van der Waals surface area contributed by atoms with Crippen LogP contribution in [-0.2, 0) is 20.9 Å². The van der Waals surface area contributed by atoms with Gasteiger partial charge in [0.2, 0.25) is 0 Å². The molecule has 3 fully saturated rings. The molecule has 0 N–H and O–H groups in total. The van der Waals surface area contributed by atoms with Crippen LogP contribution in [0.25, 0.3) is 0 Å². The summed E-state index contributed by atoms with van der Waals surface area (Å²) >= 11 is 0. The first-order valence-electron chi connectivity index (χ1n) is 12.2. The number of hydrogen-bond donors (Lipinski definition) is 0. The van der Waals surface area contributed by atoms with E-state index in [1.807, 2.05) is 24.3 Å². The maximum absolute atomic E-state index is 12.6. The summed E-state index contributed by atoms with van der Waals surface area (Å²) in [5.41, 5.74) is 2.59. The molecule has 0 bridgehead atoms. The minimum Gasteiger partial charge on any atom is -0.372 e. The molecule has 4 aliphatic carbocycles. The van der Waals surface area contributed by atoms with Crippen molar-refractivity contribution in [3.8, 4) is 0 Å². The quantitative estimate of drug-likeness (QED) is 0.607. The van der Waals surface area contributed by atoms with Gasteiger partial charge in [0, 0.05) is 17.8 Å². The third-order valence-corrected chi connectivity index (χ3v) is 9.82. The molecule has 1 aromatic carbocycles. The van der Waals surface area contributed by atoms with Crippen molar-refractivity contribution in [3.63, 3.8) is 0 Å². The van der Waals surface area contributed by atoms with Gasteiger partial charge in [0.1, 0.15) is 5.78 Å². The normalized spacial score (nSPS) is 41.7. The lowest BCUT2D eigenvalue weighted by Gasteiger charge is -2.59. The molecule has 0 radical (unpaired) electrons. The van der Waals surface area contributed by atoms with Crippen molar-refractivity contribution in [2.45, 2.75) is 78.4 Å². The van der Waals surface area contributed by atoms with Crippen molar-refractivity contribution >= 4 is 11.6 Å². The Morgan fingerprint density at radius 3 is 2.58 bits per heavy atom. The van der Waals surface area contributed by atoms with E-state index in [1.54, 1.807) is 6.92 Å². The van der Waals surface area contributed by atoms with Crippen molar-refractivity contribution in [2.75, 3.05) is 0 Å². The fourth-order valence-corrected chi connectivity index (χ4v) is 8.26. The largest absolute Gasteiger partial charge is 0.372 e. The fraction of sp³-hybridized carbons (Fsp3) is 0.643. The minimum absolute atomic E-state index is 0.0534. The van der Waals surface area contributed by atoms with Crippen LogP contribution in [0.3, 0.4) is 0 Å². The molecule has 5 rings (SSSR count). The summed E-state index contributed by atoms with van der Waals surface area (Å²) < 4.78 is 6.54. The molecule has 166 valence electrons. The molecule has 1 aromatic rings. The van der Waals surface area contributed by atoms with Crippen LogP contribution in [0.1, 0.15) is 71.3 Å². The van der Waals surface area contributed by atoms with Gasteiger partial charge in [-0.15, -0.1) is 0 Å². The lowest BCUT2D eigenvalue weighted by molar-refractivity contribution is -0.142. The van der Waals surface area contributed by atoms with Gasteiger partial charge in [-0.05, 0) is 80.3 Å². The van der Waals surface area contributed by atoms with Gasteiger partial charge in [0.15, 0.2) is 5.78 Å². The third kappa shape index (κ3) is 3.26. The SMILES string of the molecule is CC(=O)[C@H]1CC[C@H]2[C@@H]3CCC4=CC(=O)CC(OCc5ccccc5)[C@]4(C)[C@H]3CC[C@]12C. The number of benzene rings is 1. The molecule has 0 aliphatic heterocycles. The smallest absolute Gasteiger partial charge is 0.158 e. The van der Waals surface area contributed by atoms with E-state index >= 15 is 0 Å². The molecule has 3 nitrogen and oxygen atoms in total. The van der Waals surface area contributed by atoms with Gasteiger partial charge in [-0.25, -0.2) is 0 Å². The van der Waals surface area contributed by atoms with Crippen LogP contribution < -0.4 is 0 Å². The number of fused-ring (bicyclic) bond motifs is 5. The van der Waals surface area contributed by atoms with E-state index < -0.39 is 0 Å². The van der Waals surface area contributed by atoms with Gasteiger partial charge in [0.05, 0.1) is 12.7 Å². The summed E-state index contributed by atoms with van der Waals surface area (Å²) in [6, 6.07) is 10.3. The summed E-state index contributed by atoms with van der Waals surface area (Å²) in [6.07, 6.45) is 9.09. The molecule has 31 heavy (non-hydrogen) atoms. The van der Waals surface area contributed by atoms with Crippen molar-refractivity contribution in [1.82, 2.24) is 0 Å². The van der Waals surface area contributed by atoms with Crippen molar-refractivity contribution < 1.29 is 14.3 Å². The number of Topliss-reactive ketones (excluding diaryl/α,β-unsaturated/α-hetero) is 1. The van der Waals surface area contributed by atoms with Gasteiger partial charge in [-0.1, -0.05) is 49.8 Å². The predicted molar refractivity (Wildman–Crippen MR) is 121 cm³/mol. The summed E-state index contributed by atoms with van der Waals surface area (Å²) in [6.45, 7) is 7.15. The maximum Gasteiger partial charge on any atom is 0.158 e. The second-order valence-electron chi connectivity index (χ2n) is 11.1. The Kier molecular flexibility index (Phi) is 5.24. The Morgan fingerprint density at radius 2 is 1.84 bits per heavy atom. The van der Waals surface area contributed by atoms with E-state index in [-0.39, 0.29) is 28.6 Å². The molecule has 0 heterocycles. The Bertz CT molecular complexity index is 902. The molecular weight excluding hydrogens is 384 g/mol. The molecular formula is C28H36O3. The summed E-state index contributed by atoms with van der Waals surface area (Å²) in [5.74, 6) is 2.67. The lowest BCUT2D eigenvalue weighted by atomic mass is 9.46. The maximum atomic E-state index is 12.6. The molecule has 3 saturated carbocycles. The van der Waals surface area contributed by atoms with Gasteiger partial charge < -0.3 is 4.74 Å². The van der Waals surface area contributed by atoms with Gasteiger partial charge >= 0.3 is 0 Å². The zero-order chi connectivity index (χ0) is 21.8. The van der Waals surface area contributed by atoms with Gasteiger partial charge in [-0.2, -0.15) is 0 Å². The van der Waals surface area contributed by atoms with E-state index in [4.69, 9.17) is 4.74 Å². The highest BCUT2D eigenvalue weighted by atomic mass is 16.5. The highest BCUT2D eigenvalue weighted by molar-refractivity contribution is 5.92. The molecule has 0 amide bonds. The molecule has 1 unspecified atom stereocenters. The van der Waals surface area contributed by atoms with Crippen LogP contribution in [0.5, 0.6) is 0 Å². The first-order chi connectivity index (χ1) is 14.8. The third-order valence-electron chi connectivity index (χ3n) is 9.82. The molecule has 0 aromatic heterocycles. The number of carbonyl (C=O) groups excluding carboxylic acids is 2. The van der Waals surface area contributed by atoms with E-state index in [0.29, 0.717) is 36.6 Å². The van der Waals surface area contributed by atoms with E-state index in [2.05, 4.69) is 26.0 Å². The van der Waals surface area contributed by atoms with Crippen LogP contribution in [0.15, 0.2) is 42.0 Å². The average Bonchev–Trinajstić information content (AvgIpc) is 3.11. The van der Waals surface area contributed by atoms with E-state index in [1.165, 1.54) is 17.6 Å². The average molecular weight is 421 g/mol. The number of ether oxygens (including phenoxy) is 1. The number of carbonyl (C=O) groups is 2. The fourth-order valence-electron chi connectivity index (χ4n) is 8.26.